The second kappa shape index (κ2) is 7.30. The van der Waals surface area contributed by atoms with Crippen LogP contribution in [0.4, 0.5) is 18.9 Å². The number of halogens is 3. The number of rotatable bonds is 5. The molecule has 0 aliphatic carbocycles. The van der Waals surface area contributed by atoms with E-state index in [-0.39, 0.29) is 11.4 Å². The van der Waals surface area contributed by atoms with Gasteiger partial charge in [0.15, 0.2) is 0 Å². The molecular weight excluding hydrogens is 359 g/mol. The molecule has 8 heteroatoms. The number of anilines is 1. The van der Waals surface area contributed by atoms with E-state index in [1.165, 1.54) is 18.2 Å². The lowest BCUT2D eigenvalue weighted by atomic mass is 10.1. The van der Waals surface area contributed by atoms with Gasteiger partial charge in [-0.1, -0.05) is 12.1 Å². The van der Waals surface area contributed by atoms with Crippen molar-refractivity contribution < 1.29 is 17.9 Å². The molecule has 1 heterocycles. The monoisotopic (exact) mass is 377 g/mol. The maximum Gasteiger partial charge on any atom is 0.573 e. The fourth-order valence-corrected chi connectivity index (χ4v) is 2.92. The minimum atomic E-state index is -4.84. The van der Waals surface area contributed by atoms with Crippen LogP contribution in [-0.4, -0.2) is 29.4 Å². The van der Waals surface area contributed by atoms with Gasteiger partial charge in [-0.2, -0.15) is 0 Å². The minimum Gasteiger partial charge on any atom is -0.405 e. The van der Waals surface area contributed by atoms with E-state index in [0.29, 0.717) is 10.9 Å². The van der Waals surface area contributed by atoms with Gasteiger partial charge < -0.3 is 14.6 Å². The molecule has 0 radical (unpaired) electrons. The Morgan fingerprint density at radius 2 is 1.81 bits per heavy atom. The molecule has 2 aromatic carbocycles. The second-order valence-corrected chi connectivity index (χ2v) is 5.83. The molecule has 5 nitrogen and oxygen atoms in total. The number of nitrogens with zero attached hydrogens (tertiary/aromatic N) is 2. The molecule has 0 atom stereocenters. The van der Waals surface area contributed by atoms with Gasteiger partial charge in [-0.15, -0.1) is 13.2 Å². The topological polar surface area (TPSA) is 58.2 Å². The SMILES string of the molecule is CCN(CC)c1ccc2nc(-c3ccccc3OC(F)(F)F)[nH]c(=O)c2c1. The second-order valence-electron chi connectivity index (χ2n) is 5.83. The van der Waals surface area contributed by atoms with Crippen LogP contribution in [0.5, 0.6) is 5.75 Å². The van der Waals surface area contributed by atoms with Crippen molar-refractivity contribution >= 4 is 16.6 Å². The van der Waals surface area contributed by atoms with E-state index < -0.39 is 17.7 Å². The van der Waals surface area contributed by atoms with Crippen molar-refractivity contribution in [2.24, 2.45) is 0 Å². The molecule has 0 unspecified atom stereocenters. The Morgan fingerprint density at radius 3 is 2.48 bits per heavy atom. The standard InChI is InChI=1S/C19H18F3N3O2/c1-3-25(4-2)12-9-10-15-14(11-12)18(26)24-17(23-15)13-7-5-6-8-16(13)27-19(20,21)22/h5-11H,3-4H2,1-2H3,(H,23,24,26). The highest BCUT2D eigenvalue weighted by Gasteiger charge is 2.32. The highest BCUT2D eigenvalue weighted by molar-refractivity contribution is 5.83. The van der Waals surface area contributed by atoms with Crippen LogP contribution in [-0.2, 0) is 0 Å². The summed E-state index contributed by atoms with van der Waals surface area (Å²) in [5, 5.41) is 0.373. The van der Waals surface area contributed by atoms with Gasteiger partial charge in [0.05, 0.1) is 16.5 Å². The van der Waals surface area contributed by atoms with E-state index in [0.717, 1.165) is 18.8 Å². The highest BCUT2D eigenvalue weighted by atomic mass is 19.4. The van der Waals surface area contributed by atoms with Crippen molar-refractivity contribution in [1.29, 1.82) is 0 Å². The number of hydrogen-bond donors (Lipinski definition) is 1. The number of nitrogens with one attached hydrogen (secondary N) is 1. The molecule has 0 aliphatic rings. The van der Waals surface area contributed by atoms with Crippen LogP contribution in [0.1, 0.15) is 13.8 Å². The zero-order chi connectivity index (χ0) is 19.6. The Morgan fingerprint density at radius 1 is 1.11 bits per heavy atom. The predicted molar refractivity (Wildman–Crippen MR) is 98.0 cm³/mol. The minimum absolute atomic E-state index is 0.0166. The fourth-order valence-electron chi connectivity index (χ4n) is 2.92. The average Bonchev–Trinajstić information content (AvgIpc) is 2.62. The van der Waals surface area contributed by atoms with Crippen LogP contribution < -0.4 is 15.2 Å². The van der Waals surface area contributed by atoms with E-state index in [4.69, 9.17) is 0 Å². The Balaban J connectivity index is 2.11. The lowest BCUT2D eigenvalue weighted by Crippen LogP contribution is -2.22. The maximum atomic E-state index is 12.6. The van der Waals surface area contributed by atoms with Crippen LogP contribution in [0, 0.1) is 0 Å². The number of para-hydroxylation sites is 1. The number of ether oxygens (including phenoxy) is 1. The maximum absolute atomic E-state index is 12.6. The normalized spacial score (nSPS) is 11.6. The molecule has 0 aliphatic heterocycles. The number of hydrogen-bond acceptors (Lipinski definition) is 4. The Bertz CT molecular complexity index is 1010. The van der Waals surface area contributed by atoms with Crippen molar-refractivity contribution in [3.63, 3.8) is 0 Å². The summed E-state index contributed by atoms with van der Waals surface area (Å²) < 4.78 is 42.0. The fraction of sp³-hybridized carbons (Fsp3) is 0.263. The lowest BCUT2D eigenvalue weighted by molar-refractivity contribution is -0.274. The van der Waals surface area contributed by atoms with Gasteiger partial charge >= 0.3 is 6.36 Å². The molecule has 0 spiro atoms. The van der Waals surface area contributed by atoms with Gasteiger partial charge in [0.2, 0.25) is 0 Å². The summed E-state index contributed by atoms with van der Waals surface area (Å²) in [7, 11) is 0. The van der Waals surface area contributed by atoms with Gasteiger partial charge in [-0.25, -0.2) is 4.98 Å². The quantitative estimate of drug-likeness (QED) is 0.719. The molecular formula is C19H18F3N3O2. The highest BCUT2D eigenvalue weighted by Crippen LogP contribution is 2.32. The zero-order valence-electron chi connectivity index (χ0n) is 14.8. The van der Waals surface area contributed by atoms with E-state index in [9.17, 15) is 18.0 Å². The smallest absolute Gasteiger partial charge is 0.405 e. The third-order valence-corrected chi connectivity index (χ3v) is 4.19. The number of aromatic amines is 1. The van der Waals surface area contributed by atoms with Crippen molar-refractivity contribution in [2.45, 2.75) is 20.2 Å². The van der Waals surface area contributed by atoms with Gasteiger partial charge in [0.25, 0.3) is 5.56 Å². The molecule has 1 aromatic heterocycles. The summed E-state index contributed by atoms with van der Waals surface area (Å²) in [5.41, 5.74) is 0.910. The number of fused-ring (bicyclic) bond motifs is 1. The van der Waals surface area contributed by atoms with Crippen LogP contribution in [0.25, 0.3) is 22.3 Å². The molecule has 3 aromatic rings. The number of alkyl halides is 3. The molecule has 0 amide bonds. The summed E-state index contributed by atoms with van der Waals surface area (Å²) in [5.74, 6) is -0.407. The third-order valence-electron chi connectivity index (χ3n) is 4.19. The van der Waals surface area contributed by atoms with Gasteiger partial charge in [0, 0.05) is 18.8 Å². The van der Waals surface area contributed by atoms with E-state index in [2.05, 4.69) is 19.6 Å². The van der Waals surface area contributed by atoms with Crippen LogP contribution in [0.2, 0.25) is 0 Å². The van der Waals surface area contributed by atoms with E-state index in [1.54, 1.807) is 18.2 Å². The third kappa shape index (κ3) is 4.05. The largest absolute Gasteiger partial charge is 0.573 e. The Kier molecular flexibility index (Phi) is 5.07. The first-order chi connectivity index (χ1) is 12.8. The number of benzene rings is 2. The van der Waals surface area contributed by atoms with Crippen molar-refractivity contribution in [3.8, 4) is 17.1 Å². The molecule has 3 rings (SSSR count). The molecule has 1 N–H and O–H groups in total. The molecule has 0 bridgehead atoms. The summed E-state index contributed by atoms with van der Waals surface area (Å²) in [6.45, 7) is 5.59. The summed E-state index contributed by atoms with van der Waals surface area (Å²) >= 11 is 0. The first-order valence-electron chi connectivity index (χ1n) is 8.46. The van der Waals surface area contributed by atoms with E-state index >= 15 is 0 Å². The Labute approximate surface area is 153 Å². The van der Waals surface area contributed by atoms with Crippen molar-refractivity contribution in [1.82, 2.24) is 9.97 Å². The predicted octanol–water partition coefficient (Wildman–Crippen LogP) is 4.33. The summed E-state index contributed by atoms with van der Waals surface area (Å²) in [4.78, 5) is 21.5. The molecule has 0 saturated carbocycles. The Hall–Kier alpha value is -3.03. The zero-order valence-corrected chi connectivity index (χ0v) is 14.8. The molecule has 27 heavy (non-hydrogen) atoms. The lowest BCUT2D eigenvalue weighted by Gasteiger charge is -2.21. The van der Waals surface area contributed by atoms with Gasteiger partial charge in [-0.3, -0.25) is 4.79 Å². The van der Waals surface area contributed by atoms with Crippen molar-refractivity contribution in [2.75, 3.05) is 18.0 Å². The number of aromatic nitrogens is 2. The molecule has 0 saturated heterocycles. The average molecular weight is 377 g/mol. The first-order valence-corrected chi connectivity index (χ1v) is 8.46. The van der Waals surface area contributed by atoms with E-state index in [1.807, 2.05) is 19.9 Å². The summed E-state index contributed by atoms with van der Waals surface area (Å²) in [6.07, 6.45) is -4.84. The first kappa shape index (κ1) is 18.8. The summed E-state index contributed by atoms with van der Waals surface area (Å²) in [6, 6.07) is 10.8. The van der Waals surface area contributed by atoms with Crippen molar-refractivity contribution in [3.05, 3.63) is 52.8 Å². The van der Waals surface area contributed by atoms with Crippen LogP contribution >= 0.6 is 0 Å². The number of H-pyrrole nitrogens is 1. The van der Waals surface area contributed by atoms with Crippen LogP contribution in [0.15, 0.2) is 47.3 Å². The van der Waals surface area contributed by atoms with Crippen LogP contribution in [0.3, 0.4) is 0 Å². The molecule has 142 valence electrons. The van der Waals surface area contributed by atoms with Gasteiger partial charge in [-0.05, 0) is 44.2 Å². The molecule has 0 fully saturated rings. The van der Waals surface area contributed by atoms with Gasteiger partial charge in [0.1, 0.15) is 11.6 Å².